The zero-order valence-electron chi connectivity index (χ0n) is 9.47. The van der Waals surface area contributed by atoms with Gasteiger partial charge in [-0.2, -0.15) is 5.10 Å². The summed E-state index contributed by atoms with van der Waals surface area (Å²) in [5.74, 6) is 0. The summed E-state index contributed by atoms with van der Waals surface area (Å²) in [6.07, 6.45) is 1.84. The van der Waals surface area contributed by atoms with E-state index in [1.54, 1.807) is 0 Å². The highest BCUT2D eigenvalue weighted by Gasteiger charge is 1.98. The van der Waals surface area contributed by atoms with Crippen LogP contribution in [0.1, 0.15) is 18.2 Å². The Morgan fingerprint density at radius 2 is 2.47 bits per heavy atom. The molecule has 4 nitrogen and oxygen atoms in total. The molecule has 4 heteroatoms. The van der Waals surface area contributed by atoms with E-state index >= 15 is 0 Å². The van der Waals surface area contributed by atoms with E-state index in [0.29, 0.717) is 13.2 Å². The Hall–Kier alpha value is -1.13. The molecule has 0 aromatic carbocycles. The van der Waals surface area contributed by atoms with Gasteiger partial charge >= 0.3 is 0 Å². The van der Waals surface area contributed by atoms with Gasteiger partial charge in [0.1, 0.15) is 0 Å². The second-order valence-electron chi connectivity index (χ2n) is 3.71. The summed E-state index contributed by atoms with van der Waals surface area (Å²) in [5.41, 5.74) is 3.38. The molecule has 0 aliphatic carbocycles. The van der Waals surface area contributed by atoms with Crippen molar-refractivity contribution in [2.75, 3.05) is 19.8 Å². The van der Waals surface area contributed by atoms with Crippen LogP contribution in [-0.4, -0.2) is 30.0 Å². The third-order valence-corrected chi connectivity index (χ3v) is 2.02. The second-order valence-corrected chi connectivity index (χ2v) is 3.71. The first-order chi connectivity index (χ1) is 7.20. The Morgan fingerprint density at radius 3 is 3.07 bits per heavy atom. The molecule has 1 aromatic rings. The van der Waals surface area contributed by atoms with Crippen molar-refractivity contribution in [2.24, 2.45) is 0 Å². The van der Waals surface area contributed by atoms with Crippen molar-refractivity contribution in [2.45, 2.75) is 20.4 Å². The number of hydrogen-bond acceptors (Lipinski definition) is 3. The molecular formula is C11H19N3O. The standard InChI is InChI=1S/C11H19N3O/c1-9(2)8-15-5-4-12-6-11-7-13-14-10(11)3/h7,12H,1,4-6,8H2,2-3H3,(H,13,14). The lowest BCUT2D eigenvalue weighted by Gasteiger charge is -2.05. The molecule has 0 radical (unpaired) electrons. The van der Waals surface area contributed by atoms with E-state index in [9.17, 15) is 0 Å². The maximum Gasteiger partial charge on any atom is 0.0672 e. The molecule has 0 aliphatic rings. The average molecular weight is 209 g/mol. The number of ether oxygens (including phenoxy) is 1. The molecule has 1 aromatic heterocycles. The fourth-order valence-electron chi connectivity index (χ4n) is 1.17. The van der Waals surface area contributed by atoms with E-state index in [1.165, 1.54) is 5.56 Å². The van der Waals surface area contributed by atoms with Gasteiger partial charge in [-0.25, -0.2) is 0 Å². The number of aromatic amines is 1. The van der Waals surface area contributed by atoms with Crippen LogP contribution in [0, 0.1) is 6.92 Å². The summed E-state index contributed by atoms with van der Waals surface area (Å²) in [5, 5.41) is 10.1. The van der Waals surface area contributed by atoms with Crippen molar-refractivity contribution in [3.63, 3.8) is 0 Å². The Morgan fingerprint density at radius 1 is 1.67 bits per heavy atom. The van der Waals surface area contributed by atoms with Crippen LogP contribution in [0.25, 0.3) is 0 Å². The van der Waals surface area contributed by atoms with Crippen LogP contribution in [0.5, 0.6) is 0 Å². The van der Waals surface area contributed by atoms with Crippen molar-refractivity contribution in [3.05, 3.63) is 29.6 Å². The number of hydrogen-bond donors (Lipinski definition) is 2. The fraction of sp³-hybridized carbons (Fsp3) is 0.545. The average Bonchev–Trinajstić information content (AvgIpc) is 2.57. The van der Waals surface area contributed by atoms with Gasteiger partial charge in [0.25, 0.3) is 0 Å². The van der Waals surface area contributed by atoms with Crippen molar-refractivity contribution in [1.29, 1.82) is 0 Å². The highest BCUT2D eigenvalue weighted by Crippen LogP contribution is 2.00. The summed E-state index contributed by atoms with van der Waals surface area (Å²) < 4.78 is 5.36. The molecule has 0 saturated carbocycles. The molecule has 0 atom stereocenters. The SMILES string of the molecule is C=C(C)COCCNCc1cn[nH]c1C. The minimum atomic E-state index is 0.645. The maximum absolute atomic E-state index is 5.36. The van der Waals surface area contributed by atoms with E-state index in [-0.39, 0.29) is 0 Å². The van der Waals surface area contributed by atoms with Gasteiger partial charge in [-0.3, -0.25) is 5.10 Å². The van der Waals surface area contributed by atoms with Gasteiger partial charge in [0.2, 0.25) is 0 Å². The van der Waals surface area contributed by atoms with E-state index in [4.69, 9.17) is 4.74 Å². The van der Waals surface area contributed by atoms with E-state index in [0.717, 1.165) is 24.4 Å². The Bertz CT molecular complexity index is 307. The minimum Gasteiger partial charge on any atom is -0.376 e. The van der Waals surface area contributed by atoms with Gasteiger partial charge < -0.3 is 10.1 Å². The Labute approximate surface area is 90.7 Å². The quantitative estimate of drug-likeness (QED) is 0.527. The van der Waals surface area contributed by atoms with Gasteiger partial charge in [0.05, 0.1) is 19.4 Å². The van der Waals surface area contributed by atoms with E-state index in [1.807, 2.05) is 20.0 Å². The lowest BCUT2D eigenvalue weighted by molar-refractivity contribution is 0.157. The Kier molecular flexibility index (Phi) is 5.07. The minimum absolute atomic E-state index is 0.645. The molecule has 0 spiro atoms. The van der Waals surface area contributed by atoms with Gasteiger partial charge in [0, 0.05) is 24.3 Å². The summed E-state index contributed by atoms with van der Waals surface area (Å²) >= 11 is 0. The third-order valence-electron chi connectivity index (χ3n) is 2.02. The molecule has 1 heterocycles. The first kappa shape index (κ1) is 11.9. The first-order valence-corrected chi connectivity index (χ1v) is 5.12. The molecule has 0 amide bonds. The maximum atomic E-state index is 5.36. The summed E-state index contributed by atoms with van der Waals surface area (Å²) in [4.78, 5) is 0. The summed E-state index contributed by atoms with van der Waals surface area (Å²) in [6.45, 7) is 10.8. The van der Waals surface area contributed by atoms with Crippen LogP contribution in [0.3, 0.4) is 0 Å². The van der Waals surface area contributed by atoms with Crippen molar-refractivity contribution < 1.29 is 4.74 Å². The van der Waals surface area contributed by atoms with Crippen LogP contribution < -0.4 is 5.32 Å². The summed E-state index contributed by atoms with van der Waals surface area (Å²) in [6, 6.07) is 0. The molecule has 1 rings (SSSR count). The highest BCUT2D eigenvalue weighted by molar-refractivity contribution is 5.13. The van der Waals surface area contributed by atoms with E-state index in [2.05, 4.69) is 22.1 Å². The zero-order chi connectivity index (χ0) is 11.1. The van der Waals surface area contributed by atoms with Gasteiger partial charge in [-0.15, -0.1) is 0 Å². The fourth-order valence-corrected chi connectivity index (χ4v) is 1.17. The van der Waals surface area contributed by atoms with Gasteiger partial charge in [0.15, 0.2) is 0 Å². The predicted octanol–water partition coefficient (Wildman–Crippen LogP) is 1.40. The molecule has 0 bridgehead atoms. The van der Waals surface area contributed by atoms with Crippen LogP contribution in [0.15, 0.2) is 18.3 Å². The molecule has 2 N–H and O–H groups in total. The second kappa shape index (κ2) is 6.37. The van der Waals surface area contributed by atoms with Crippen molar-refractivity contribution >= 4 is 0 Å². The molecule has 0 aliphatic heterocycles. The molecule has 0 fully saturated rings. The largest absolute Gasteiger partial charge is 0.376 e. The van der Waals surface area contributed by atoms with E-state index < -0.39 is 0 Å². The summed E-state index contributed by atoms with van der Waals surface area (Å²) in [7, 11) is 0. The van der Waals surface area contributed by atoms with Crippen molar-refractivity contribution in [3.8, 4) is 0 Å². The molecule has 0 unspecified atom stereocenters. The van der Waals surface area contributed by atoms with Crippen LogP contribution in [-0.2, 0) is 11.3 Å². The smallest absolute Gasteiger partial charge is 0.0672 e. The number of nitrogens with one attached hydrogen (secondary N) is 2. The Balaban J connectivity index is 2.03. The third kappa shape index (κ3) is 4.76. The number of rotatable bonds is 7. The van der Waals surface area contributed by atoms with Gasteiger partial charge in [-0.1, -0.05) is 12.2 Å². The van der Waals surface area contributed by atoms with Crippen LogP contribution in [0.4, 0.5) is 0 Å². The monoisotopic (exact) mass is 209 g/mol. The lowest BCUT2D eigenvalue weighted by Crippen LogP contribution is -2.19. The molecule has 0 saturated heterocycles. The van der Waals surface area contributed by atoms with Crippen molar-refractivity contribution in [1.82, 2.24) is 15.5 Å². The topological polar surface area (TPSA) is 49.9 Å². The van der Waals surface area contributed by atoms with Gasteiger partial charge in [-0.05, 0) is 13.8 Å². The normalized spacial score (nSPS) is 10.5. The highest BCUT2D eigenvalue weighted by atomic mass is 16.5. The lowest BCUT2D eigenvalue weighted by atomic mass is 10.3. The number of H-pyrrole nitrogens is 1. The number of aromatic nitrogens is 2. The predicted molar refractivity (Wildman–Crippen MR) is 60.7 cm³/mol. The number of nitrogens with zero attached hydrogens (tertiary/aromatic N) is 1. The molecule has 15 heavy (non-hydrogen) atoms. The molecular weight excluding hydrogens is 190 g/mol. The number of aryl methyl sites for hydroxylation is 1. The van der Waals surface area contributed by atoms with Crippen LogP contribution >= 0.6 is 0 Å². The molecule has 84 valence electrons. The van der Waals surface area contributed by atoms with Crippen LogP contribution in [0.2, 0.25) is 0 Å². The first-order valence-electron chi connectivity index (χ1n) is 5.12. The zero-order valence-corrected chi connectivity index (χ0v) is 9.47.